The van der Waals surface area contributed by atoms with Crippen molar-refractivity contribution in [1.82, 2.24) is 9.80 Å². The van der Waals surface area contributed by atoms with Gasteiger partial charge in [0.1, 0.15) is 5.75 Å². The molecule has 5 atom stereocenters. The summed E-state index contributed by atoms with van der Waals surface area (Å²) in [6, 6.07) is 7.64. The van der Waals surface area contributed by atoms with Crippen molar-refractivity contribution >= 4 is 23.2 Å². The van der Waals surface area contributed by atoms with Crippen LogP contribution < -0.4 is 4.74 Å². The molecule has 0 heterocycles. The van der Waals surface area contributed by atoms with Crippen LogP contribution in [0.2, 0.25) is 0 Å². The lowest BCUT2D eigenvalue weighted by Crippen LogP contribution is -2.49. The van der Waals surface area contributed by atoms with Gasteiger partial charge in [0.15, 0.2) is 0 Å². The molecule has 0 amide bonds. The van der Waals surface area contributed by atoms with E-state index in [0.29, 0.717) is 5.41 Å². The average Bonchev–Trinajstić information content (AvgIpc) is 3.10. The highest BCUT2D eigenvalue weighted by molar-refractivity contribution is 6.40. The van der Waals surface area contributed by atoms with Gasteiger partial charge >= 0.3 is 0 Å². The van der Waals surface area contributed by atoms with Crippen molar-refractivity contribution in [2.75, 3.05) is 46.7 Å². The van der Waals surface area contributed by atoms with Crippen molar-refractivity contribution in [3.63, 3.8) is 0 Å². The predicted octanol–water partition coefficient (Wildman–Crippen LogP) is 6.22. The molecule has 3 aliphatic rings. The van der Waals surface area contributed by atoms with E-state index >= 15 is 0 Å². The van der Waals surface area contributed by atoms with Gasteiger partial charge in [0.2, 0.25) is 0 Å². The number of methoxy groups -OCH3 is 1. The molecule has 0 radical (unpaired) electrons. The molecule has 0 unspecified atom stereocenters. The maximum atomic E-state index is 5.48. The van der Waals surface area contributed by atoms with Crippen LogP contribution in [0, 0.1) is 17.3 Å². The fourth-order valence-corrected chi connectivity index (χ4v) is 7.17. The molecule has 1 aromatic rings. The topological polar surface area (TPSA) is 15.7 Å². The van der Waals surface area contributed by atoms with Crippen molar-refractivity contribution < 1.29 is 4.74 Å². The number of alkyl halides is 2. The number of aryl methyl sites for hydroxylation is 1. The fraction of sp³-hybridized carbons (Fsp3) is 0.769. The van der Waals surface area contributed by atoms with Crippen LogP contribution >= 0.6 is 23.2 Å². The number of hydrogen-bond donors (Lipinski definition) is 0. The first kappa shape index (κ1) is 25.1. The van der Waals surface area contributed by atoms with Crippen LogP contribution in [0.5, 0.6) is 5.75 Å². The molecule has 0 N–H and O–H groups in total. The lowest BCUT2D eigenvalue weighted by atomic mass is 9.55. The minimum Gasteiger partial charge on any atom is -0.497 e. The zero-order valence-electron chi connectivity index (χ0n) is 20.2. The Labute approximate surface area is 200 Å². The van der Waals surface area contributed by atoms with E-state index in [-0.39, 0.29) is 5.34 Å². The molecule has 0 bridgehead atoms. The molecule has 2 fully saturated rings. The maximum Gasteiger partial charge on any atom is 0.119 e. The SMILES string of the molecule is COc1ccc2c(c1)CC[C@@H]1[C@@H]2CC[C@]2(C)[C@@H](N(C)CCCN(C)C)CC[C@@H]12.ClCCl. The van der Waals surface area contributed by atoms with Gasteiger partial charge < -0.3 is 14.5 Å². The Morgan fingerprint density at radius 3 is 2.48 bits per heavy atom. The van der Waals surface area contributed by atoms with E-state index in [1.807, 2.05) is 0 Å². The first-order chi connectivity index (χ1) is 14.8. The third-order valence-electron chi connectivity index (χ3n) is 8.53. The minimum absolute atomic E-state index is 0.194. The molecule has 0 spiro atoms. The van der Waals surface area contributed by atoms with Gasteiger partial charge in [-0.3, -0.25) is 0 Å². The molecule has 1 aromatic carbocycles. The number of hydrogen-bond acceptors (Lipinski definition) is 3. The molecule has 4 rings (SSSR count). The van der Waals surface area contributed by atoms with Crippen molar-refractivity contribution in [2.45, 2.75) is 63.8 Å². The Balaban J connectivity index is 0.000000858. The number of nitrogens with zero attached hydrogens (tertiary/aromatic N) is 2. The Morgan fingerprint density at radius 2 is 1.81 bits per heavy atom. The van der Waals surface area contributed by atoms with Gasteiger partial charge in [-0.15, -0.1) is 23.2 Å². The zero-order valence-corrected chi connectivity index (χ0v) is 21.7. The van der Waals surface area contributed by atoms with Gasteiger partial charge in [-0.2, -0.15) is 0 Å². The molecule has 2 saturated carbocycles. The van der Waals surface area contributed by atoms with E-state index in [1.165, 1.54) is 58.0 Å². The zero-order chi connectivity index (χ0) is 22.6. The first-order valence-corrected chi connectivity index (χ1v) is 13.1. The Kier molecular flexibility index (Phi) is 9.00. The Hall–Kier alpha value is -0.480. The molecule has 5 heteroatoms. The number of halogens is 2. The van der Waals surface area contributed by atoms with Crippen LogP contribution in [0.15, 0.2) is 18.2 Å². The van der Waals surface area contributed by atoms with Crippen molar-refractivity contribution in [2.24, 2.45) is 17.3 Å². The van der Waals surface area contributed by atoms with Crippen molar-refractivity contribution in [3.05, 3.63) is 29.3 Å². The van der Waals surface area contributed by atoms with Gasteiger partial charge in [0.25, 0.3) is 0 Å². The molecule has 0 aromatic heterocycles. The van der Waals surface area contributed by atoms with Crippen molar-refractivity contribution in [1.29, 1.82) is 0 Å². The van der Waals surface area contributed by atoms with Crippen LogP contribution in [-0.4, -0.2) is 62.5 Å². The molecule has 0 aliphatic heterocycles. The second kappa shape index (κ2) is 11.1. The third kappa shape index (κ3) is 5.37. The largest absolute Gasteiger partial charge is 0.497 e. The van der Waals surface area contributed by atoms with Gasteiger partial charge in [0, 0.05) is 6.04 Å². The summed E-state index contributed by atoms with van der Waals surface area (Å²) in [7, 11) is 8.55. The summed E-state index contributed by atoms with van der Waals surface area (Å²) in [5, 5.41) is 0.194. The second-order valence-corrected chi connectivity index (χ2v) is 11.2. The summed E-state index contributed by atoms with van der Waals surface area (Å²) in [5.41, 5.74) is 3.71. The number of fused-ring (bicyclic) bond motifs is 5. The van der Waals surface area contributed by atoms with E-state index in [4.69, 9.17) is 27.9 Å². The Bertz CT molecular complexity index is 713. The molecule has 0 saturated heterocycles. The van der Waals surface area contributed by atoms with E-state index in [0.717, 1.165) is 29.5 Å². The minimum atomic E-state index is 0.194. The van der Waals surface area contributed by atoms with E-state index < -0.39 is 0 Å². The lowest BCUT2D eigenvalue weighted by Gasteiger charge is -2.52. The van der Waals surface area contributed by atoms with Gasteiger partial charge in [0.05, 0.1) is 12.4 Å². The highest BCUT2D eigenvalue weighted by Gasteiger charge is 2.55. The second-order valence-electron chi connectivity index (χ2n) is 10.4. The van der Waals surface area contributed by atoms with E-state index in [2.05, 4.69) is 56.1 Å². The standard InChI is InChI=1S/C25H40N2O.CH2Cl2/c1-25-14-13-21-20-10-8-19(28-5)17-18(20)7-9-22(21)23(25)11-12-24(25)27(4)16-6-15-26(2)3;2-1-3/h8,10,17,21-24H,6-7,9,11-16H2,1-5H3;1H2/t21-,22-,23+,24+,25+;/m1./s1. The van der Waals surface area contributed by atoms with Crippen LogP contribution in [0.4, 0.5) is 0 Å². The van der Waals surface area contributed by atoms with Crippen LogP contribution in [0.3, 0.4) is 0 Å². The van der Waals surface area contributed by atoms with Crippen LogP contribution in [0.25, 0.3) is 0 Å². The monoisotopic (exact) mass is 468 g/mol. The van der Waals surface area contributed by atoms with E-state index in [1.54, 1.807) is 18.2 Å². The summed E-state index contributed by atoms with van der Waals surface area (Å²) < 4.78 is 5.48. The normalized spacial score (nSPS) is 31.5. The van der Waals surface area contributed by atoms with Crippen LogP contribution in [0.1, 0.15) is 62.5 Å². The third-order valence-corrected chi connectivity index (χ3v) is 8.53. The highest BCUT2D eigenvalue weighted by Crippen LogP contribution is 2.61. The average molecular weight is 470 g/mol. The number of ether oxygens (including phenoxy) is 1. The molecule has 176 valence electrons. The van der Waals surface area contributed by atoms with Gasteiger partial charge in [-0.1, -0.05) is 13.0 Å². The van der Waals surface area contributed by atoms with Gasteiger partial charge in [-0.05, 0) is 126 Å². The fourth-order valence-electron chi connectivity index (χ4n) is 7.17. The summed E-state index contributed by atoms with van der Waals surface area (Å²) >= 11 is 9.53. The summed E-state index contributed by atoms with van der Waals surface area (Å²) in [5.74, 6) is 3.60. The summed E-state index contributed by atoms with van der Waals surface area (Å²) in [6.45, 7) is 5.07. The van der Waals surface area contributed by atoms with Gasteiger partial charge in [-0.25, -0.2) is 0 Å². The lowest BCUT2D eigenvalue weighted by molar-refractivity contribution is 0.00697. The predicted molar refractivity (Wildman–Crippen MR) is 134 cm³/mol. The van der Waals surface area contributed by atoms with E-state index in [9.17, 15) is 0 Å². The molecule has 3 nitrogen and oxygen atoms in total. The maximum absolute atomic E-state index is 5.48. The molecular weight excluding hydrogens is 427 g/mol. The quantitative estimate of drug-likeness (QED) is 0.460. The number of benzene rings is 1. The number of rotatable bonds is 6. The molecule has 3 aliphatic carbocycles. The molecule has 31 heavy (non-hydrogen) atoms. The van der Waals surface area contributed by atoms with Crippen LogP contribution in [-0.2, 0) is 6.42 Å². The summed E-state index contributed by atoms with van der Waals surface area (Å²) in [6.07, 6.45) is 9.50. The summed E-state index contributed by atoms with van der Waals surface area (Å²) in [4.78, 5) is 5.03. The first-order valence-electron chi connectivity index (χ1n) is 12.0. The Morgan fingerprint density at radius 1 is 1.06 bits per heavy atom. The molecular formula is C26H42Cl2N2O. The highest BCUT2D eigenvalue weighted by atomic mass is 35.5. The van der Waals surface area contributed by atoms with Crippen molar-refractivity contribution in [3.8, 4) is 5.75 Å². The smallest absolute Gasteiger partial charge is 0.119 e.